The molecule has 0 fully saturated rings. The smallest absolute Gasteiger partial charge is 0.306 e. The maximum absolute atomic E-state index is 12.3. The summed E-state index contributed by atoms with van der Waals surface area (Å²) in [5, 5.41) is 2.78. The summed E-state index contributed by atoms with van der Waals surface area (Å²) in [6.07, 6.45) is 2.00. The predicted octanol–water partition coefficient (Wildman–Crippen LogP) is 3.63. The topological polar surface area (TPSA) is 55.4 Å². The first-order chi connectivity index (χ1) is 12.0. The van der Waals surface area contributed by atoms with Crippen molar-refractivity contribution >= 4 is 17.6 Å². The molecule has 0 aliphatic heterocycles. The van der Waals surface area contributed by atoms with E-state index in [4.69, 9.17) is 4.74 Å². The molecule has 1 amide bonds. The monoisotopic (exact) mass is 337 g/mol. The SMILES string of the molecule is CCOC(=O)CC1(c2ccc(NC(C)=O)cc2)Cc2ccccc2C1. The largest absolute Gasteiger partial charge is 0.466 e. The number of hydrogen-bond acceptors (Lipinski definition) is 3. The van der Waals surface area contributed by atoms with Gasteiger partial charge in [-0.05, 0) is 48.6 Å². The Morgan fingerprint density at radius 3 is 2.16 bits per heavy atom. The van der Waals surface area contributed by atoms with Gasteiger partial charge in [0.15, 0.2) is 0 Å². The van der Waals surface area contributed by atoms with Gasteiger partial charge in [-0.15, -0.1) is 0 Å². The van der Waals surface area contributed by atoms with Gasteiger partial charge in [0, 0.05) is 18.0 Å². The lowest BCUT2D eigenvalue weighted by Gasteiger charge is -2.29. The fourth-order valence-corrected chi connectivity index (χ4v) is 3.72. The number of benzene rings is 2. The van der Waals surface area contributed by atoms with Crippen LogP contribution in [-0.4, -0.2) is 18.5 Å². The molecule has 0 unspecified atom stereocenters. The van der Waals surface area contributed by atoms with Gasteiger partial charge in [-0.1, -0.05) is 36.4 Å². The summed E-state index contributed by atoms with van der Waals surface area (Å²) < 4.78 is 5.23. The second kappa shape index (κ2) is 7.09. The molecule has 0 atom stereocenters. The van der Waals surface area contributed by atoms with E-state index in [9.17, 15) is 9.59 Å². The lowest BCUT2D eigenvalue weighted by molar-refractivity contribution is -0.144. The molecule has 0 radical (unpaired) electrons. The quantitative estimate of drug-likeness (QED) is 0.848. The summed E-state index contributed by atoms with van der Waals surface area (Å²) in [4.78, 5) is 23.5. The Hall–Kier alpha value is -2.62. The van der Waals surface area contributed by atoms with E-state index in [0.29, 0.717) is 13.0 Å². The van der Waals surface area contributed by atoms with Crippen molar-refractivity contribution in [1.29, 1.82) is 0 Å². The van der Waals surface area contributed by atoms with Crippen LogP contribution in [0.3, 0.4) is 0 Å². The molecule has 1 aliphatic carbocycles. The molecule has 0 saturated heterocycles. The molecule has 130 valence electrons. The highest BCUT2D eigenvalue weighted by Crippen LogP contribution is 2.43. The van der Waals surface area contributed by atoms with Gasteiger partial charge in [-0.2, -0.15) is 0 Å². The van der Waals surface area contributed by atoms with Crippen LogP contribution in [0, 0.1) is 0 Å². The minimum absolute atomic E-state index is 0.0951. The van der Waals surface area contributed by atoms with Gasteiger partial charge in [-0.3, -0.25) is 9.59 Å². The first-order valence-electron chi connectivity index (χ1n) is 8.63. The molecule has 3 rings (SSSR count). The summed E-state index contributed by atoms with van der Waals surface area (Å²) in [6, 6.07) is 16.2. The summed E-state index contributed by atoms with van der Waals surface area (Å²) in [6.45, 7) is 3.71. The molecule has 0 aromatic heterocycles. The van der Waals surface area contributed by atoms with Crippen molar-refractivity contribution in [3.8, 4) is 0 Å². The molecule has 4 nitrogen and oxygen atoms in total. The Kier molecular flexibility index (Phi) is 4.88. The zero-order chi connectivity index (χ0) is 17.9. The summed E-state index contributed by atoms with van der Waals surface area (Å²) in [5.41, 5.74) is 4.16. The minimum Gasteiger partial charge on any atom is -0.466 e. The fraction of sp³-hybridized carbons (Fsp3) is 0.333. The molecule has 2 aromatic carbocycles. The number of fused-ring (bicyclic) bond motifs is 1. The Morgan fingerprint density at radius 1 is 1.04 bits per heavy atom. The van der Waals surface area contributed by atoms with Gasteiger partial charge >= 0.3 is 5.97 Å². The number of carbonyl (C=O) groups excluding carboxylic acids is 2. The highest BCUT2D eigenvalue weighted by atomic mass is 16.5. The highest BCUT2D eigenvalue weighted by Gasteiger charge is 2.40. The van der Waals surface area contributed by atoms with Crippen molar-refractivity contribution < 1.29 is 14.3 Å². The zero-order valence-corrected chi connectivity index (χ0v) is 14.7. The summed E-state index contributed by atoms with van der Waals surface area (Å²) in [7, 11) is 0. The molecule has 4 heteroatoms. The number of rotatable bonds is 5. The normalized spacial score (nSPS) is 14.6. The average molecular weight is 337 g/mol. The molecule has 2 aromatic rings. The van der Waals surface area contributed by atoms with Gasteiger partial charge in [-0.25, -0.2) is 0 Å². The van der Waals surface area contributed by atoms with Crippen molar-refractivity contribution in [2.45, 2.75) is 38.5 Å². The first kappa shape index (κ1) is 17.2. The van der Waals surface area contributed by atoms with Crippen molar-refractivity contribution in [2.24, 2.45) is 0 Å². The van der Waals surface area contributed by atoms with Crippen molar-refractivity contribution in [2.75, 3.05) is 11.9 Å². The Balaban J connectivity index is 1.92. The van der Waals surface area contributed by atoms with Crippen LogP contribution in [0.1, 0.15) is 37.0 Å². The van der Waals surface area contributed by atoms with Crippen LogP contribution in [0.15, 0.2) is 48.5 Å². The summed E-state index contributed by atoms with van der Waals surface area (Å²) in [5.74, 6) is -0.261. The summed E-state index contributed by atoms with van der Waals surface area (Å²) >= 11 is 0. The first-order valence-corrected chi connectivity index (χ1v) is 8.63. The van der Waals surface area contributed by atoms with Crippen LogP contribution in [0.2, 0.25) is 0 Å². The lowest BCUT2D eigenvalue weighted by atomic mass is 9.75. The molecule has 0 saturated carbocycles. The third kappa shape index (κ3) is 3.73. The number of esters is 1. The van der Waals surface area contributed by atoms with E-state index in [-0.39, 0.29) is 17.3 Å². The molecule has 0 heterocycles. The van der Waals surface area contributed by atoms with Gasteiger partial charge in [0.05, 0.1) is 13.0 Å². The van der Waals surface area contributed by atoms with Crippen molar-refractivity contribution in [1.82, 2.24) is 0 Å². The van der Waals surface area contributed by atoms with E-state index in [0.717, 1.165) is 24.1 Å². The van der Waals surface area contributed by atoms with Crippen LogP contribution in [0.25, 0.3) is 0 Å². The number of amides is 1. The second-order valence-corrected chi connectivity index (χ2v) is 6.64. The van der Waals surface area contributed by atoms with Crippen molar-refractivity contribution in [3.63, 3.8) is 0 Å². The standard InChI is InChI=1S/C21H23NO3/c1-3-25-20(24)14-21(12-16-6-4-5-7-17(16)13-21)18-8-10-19(11-9-18)22-15(2)23/h4-11H,3,12-14H2,1-2H3,(H,22,23). The Bertz CT molecular complexity index is 755. The second-order valence-electron chi connectivity index (χ2n) is 6.64. The van der Waals surface area contributed by atoms with Gasteiger partial charge in [0.2, 0.25) is 5.91 Å². The van der Waals surface area contributed by atoms with E-state index < -0.39 is 0 Å². The highest BCUT2D eigenvalue weighted by molar-refractivity contribution is 5.88. The van der Waals surface area contributed by atoms with Crippen LogP contribution in [-0.2, 0) is 32.6 Å². The van der Waals surface area contributed by atoms with E-state index in [1.54, 1.807) is 0 Å². The van der Waals surface area contributed by atoms with E-state index in [1.165, 1.54) is 18.1 Å². The predicted molar refractivity (Wildman–Crippen MR) is 97.5 cm³/mol. The van der Waals surface area contributed by atoms with Crippen LogP contribution in [0.4, 0.5) is 5.69 Å². The van der Waals surface area contributed by atoms with Crippen LogP contribution >= 0.6 is 0 Å². The lowest BCUT2D eigenvalue weighted by Crippen LogP contribution is -2.31. The average Bonchev–Trinajstić information content (AvgIpc) is 2.94. The zero-order valence-electron chi connectivity index (χ0n) is 14.7. The number of ether oxygens (including phenoxy) is 1. The van der Waals surface area contributed by atoms with E-state index in [1.807, 2.05) is 43.3 Å². The third-order valence-electron chi connectivity index (χ3n) is 4.78. The fourth-order valence-electron chi connectivity index (χ4n) is 3.72. The van der Waals surface area contributed by atoms with E-state index >= 15 is 0 Å². The Labute approximate surface area is 148 Å². The van der Waals surface area contributed by atoms with Gasteiger partial charge in [0.1, 0.15) is 0 Å². The van der Waals surface area contributed by atoms with Crippen molar-refractivity contribution in [3.05, 3.63) is 65.2 Å². The molecule has 1 N–H and O–H groups in total. The molecule has 25 heavy (non-hydrogen) atoms. The van der Waals surface area contributed by atoms with E-state index in [2.05, 4.69) is 17.4 Å². The van der Waals surface area contributed by atoms with Gasteiger partial charge in [0.25, 0.3) is 0 Å². The molecule has 0 spiro atoms. The molecular weight excluding hydrogens is 314 g/mol. The maximum atomic E-state index is 12.3. The molecule has 0 bridgehead atoms. The number of carbonyl (C=O) groups is 2. The Morgan fingerprint density at radius 2 is 1.64 bits per heavy atom. The van der Waals surface area contributed by atoms with Gasteiger partial charge < -0.3 is 10.1 Å². The minimum atomic E-state index is -0.287. The number of anilines is 1. The third-order valence-corrected chi connectivity index (χ3v) is 4.78. The maximum Gasteiger partial charge on any atom is 0.306 e. The number of hydrogen-bond donors (Lipinski definition) is 1. The number of nitrogens with one attached hydrogen (secondary N) is 1. The van der Waals surface area contributed by atoms with Crippen LogP contribution in [0.5, 0.6) is 0 Å². The van der Waals surface area contributed by atoms with Crippen LogP contribution < -0.4 is 5.32 Å². The molecule has 1 aliphatic rings. The molecular formula is C21H23NO3.